The highest BCUT2D eigenvalue weighted by molar-refractivity contribution is 5.47. The molecule has 0 radical (unpaired) electrons. The molecule has 1 fully saturated rings. The number of aromatic nitrogens is 2. The molecule has 0 saturated heterocycles. The Hall–Kier alpha value is -1.63. The Bertz CT molecular complexity index is 484. The Balaban J connectivity index is 2.36. The van der Waals surface area contributed by atoms with E-state index < -0.39 is 4.92 Å². The van der Waals surface area contributed by atoms with Gasteiger partial charge < -0.3 is 10.5 Å². The fraction of sp³-hybridized carbons (Fsp3) is 0.750. The maximum atomic E-state index is 11.3. The summed E-state index contributed by atoms with van der Waals surface area (Å²) in [6, 6.07) is -0.0583. The molecule has 0 bridgehead atoms. The molecule has 1 aromatic heterocycles. The van der Waals surface area contributed by atoms with Gasteiger partial charge in [-0.05, 0) is 19.3 Å². The summed E-state index contributed by atoms with van der Waals surface area (Å²) in [5, 5.41) is 15.5. The van der Waals surface area contributed by atoms with Crippen molar-refractivity contribution in [2.24, 2.45) is 12.8 Å². The molecular weight excluding hydrogens is 248 g/mol. The molecular formula is C12H20N4O3. The minimum Gasteiger partial charge on any atom is -0.468 e. The second-order valence-electron chi connectivity index (χ2n) is 5.33. The van der Waals surface area contributed by atoms with Crippen LogP contribution in [0.25, 0.3) is 0 Å². The molecule has 1 heterocycles. The topological polar surface area (TPSA) is 96.2 Å². The monoisotopic (exact) mass is 268 g/mol. The first kappa shape index (κ1) is 13.8. The molecule has 7 nitrogen and oxygen atoms in total. The van der Waals surface area contributed by atoms with E-state index in [0.717, 1.165) is 19.3 Å². The number of aryl methyl sites for hydroxylation is 1. The summed E-state index contributed by atoms with van der Waals surface area (Å²) in [5.41, 5.74) is 6.37. The Morgan fingerprint density at radius 2 is 2.21 bits per heavy atom. The molecule has 1 aromatic rings. The first-order chi connectivity index (χ1) is 8.91. The van der Waals surface area contributed by atoms with E-state index in [0.29, 0.717) is 5.69 Å². The molecule has 2 unspecified atom stereocenters. The van der Waals surface area contributed by atoms with Crippen LogP contribution in [0.15, 0.2) is 0 Å². The zero-order chi connectivity index (χ0) is 14.2. The molecule has 106 valence electrons. The molecule has 1 aliphatic rings. The minimum atomic E-state index is -0.419. The van der Waals surface area contributed by atoms with Crippen molar-refractivity contribution in [3.63, 3.8) is 0 Å². The average molecular weight is 268 g/mol. The standard InChI is InChI=1S/C12H20N4O3/c1-7(2)10-11(16(17)18)12(15(3)14-10)19-9-6-4-5-8(9)13/h7-9H,4-6,13H2,1-3H3. The van der Waals surface area contributed by atoms with Crippen LogP contribution in [-0.2, 0) is 7.05 Å². The largest absolute Gasteiger partial charge is 0.468 e. The van der Waals surface area contributed by atoms with E-state index in [1.54, 1.807) is 7.05 Å². The molecule has 7 heteroatoms. The maximum absolute atomic E-state index is 11.3. The van der Waals surface area contributed by atoms with E-state index >= 15 is 0 Å². The van der Waals surface area contributed by atoms with Crippen molar-refractivity contribution in [3.8, 4) is 5.88 Å². The van der Waals surface area contributed by atoms with Crippen molar-refractivity contribution in [2.45, 2.75) is 51.2 Å². The van der Waals surface area contributed by atoms with Crippen LogP contribution in [0.2, 0.25) is 0 Å². The number of nitrogens with zero attached hydrogens (tertiary/aromatic N) is 3. The van der Waals surface area contributed by atoms with Gasteiger partial charge in [0, 0.05) is 19.0 Å². The fourth-order valence-electron chi connectivity index (χ4n) is 2.45. The van der Waals surface area contributed by atoms with Crippen molar-refractivity contribution in [2.75, 3.05) is 0 Å². The zero-order valence-electron chi connectivity index (χ0n) is 11.5. The van der Waals surface area contributed by atoms with Gasteiger partial charge in [0.25, 0.3) is 5.88 Å². The highest BCUT2D eigenvalue weighted by atomic mass is 16.6. The van der Waals surface area contributed by atoms with Crippen molar-refractivity contribution in [1.82, 2.24) is 9.78 Å². The molecule has 0 aromatic carbocycles. The van der Waals surface area contributed by atoms with Crippen molar-refractivity contribution in [1.29, 1.82) is 0 Å². The van der Waals surface area contributed by atoms with E-state index in [4.69, 9.17) is 10.5 Å². The van der Waals surface area contributed by atoms with Gasteiger partial charge in [-0.1, -0.05) is 13.8 Å². The van der Waals surface area contributed by atoms with Crippen LogP contribution in [0.4, 0.5) is 5.69 Å². The lowest BCUT2D eigenvalue weighted by molar-refractivity contribution is -0.387. The quantitative estimate of drug-likeness (QED) is 0.662. The Morgan fingerprint density at radius 3 is 2.68 bits per heavy atom. The Labute approximate surface area is 111 Å². The lowest BCUT2D eigenvalue weighted by Gasteiger charge is -2.16. The molecule has 2 N–H and O–H groups in total. The van der Waals surface area contributed by atoms with Crippen LogP contribution in [0.5, 0.6) is 5.88 Å². The van der Waals surface area contributed by atoms with Crippen LogP contribution >= 0.6 is 0 Å². The van der Waals surface area contributed by atoms with Crippen molar-refractivity contribution in [3.05, 3.63) is 15.8 Å². The SMILES string of the molecule is CC(C)c1nn(C)c(OC2CCCC2N)c1[N+](=O)[O-]. The lowest BCUT2D eigenvalue weighted by atomic mass is 10.1. The zero-order valence-corrected chi connectivity index (χ0v) is 11.5. The van der Waals surface area contributed by atoms with E-state index in [1.165, 1.54) is 4.68 Å². The number of rotatable bonds is 4. The van der Waals surface area contributed by atoms with Crippen LogP contribution < -0.4 is 10.5 Å². The van der Waals surface area contributed by atoms with Gasteiger partial charge in [-0.2, -0.15) is 5.10 Å². The van der Waals surface area contributed by atoms with Gasteiger partial charge in [-0.25, -0.2) is 4.68 Å². The number of hydrogen-bond acceptors (Lipinski definition) is 5. The van der Waals surface area contributed by atoms with Crippen LogP contribution in [-0.4, -0.2) is 26.8 Å². The van der Waals surface area contributed by atoms with E-state index in [2.05, 4.69) is 5.10 Å². The maximum Gasteiger partial charge on any atom is 0.353 e. The van der Waals surface area contributed by atoms with Crippen LogP contribution in [0.3, 0.4) is 0 Å². The van der Waals surface area contributed by atoms with Gasteiger partial charge in [0.2, 0.25) is 0 Å². The second-order valence-corrected chi connectivity index (χ2v) is 5.33. The van der Waals surface area contributed by atoms with E-state index in [-0.39, 0.29) is 29.6 Å². The summed E-state index contributed by atoms with van der Waals surface area (Å²) in [5.74, 6) is 0.192. The number of hydrogen-bond donors (Lipinski definition) is 1. The van der Waals surface area contributed by atoms with Crippen molar-refractivity contribution >= 4 is 5.69 Å². The highest BCUT2D eigenvalue weighted by Gasteiger charge is 2.34. The fourth-order valence-corrected chi connectivity index (χ4v) is 2.45. The van der Waals surface area contributed by atoms with Gasteiger partial charge in [0.1, 0.15) is 11.8 Å². The summed E-state index contributed by atoms with van der Waals surface area (Å²) in [6.07, 6.45) is 2.57. The van der Waals surface area contributed by atoms with Gasteiger partial charge in [0.05, 0.1) is 4.92 Å². The molecule has 19 heavy (non-hydrogen) atoms. The normalized spacial score (nSPS) is 23.0. The first-order valence-corrected chi connectivity index (χ1v) is 6.55. The third kappa shape index (κ3) is 2.56. The molecule has 2 rings (SSSR count). The average Bonchev–Trinajstić information content (AvgIpc) is 2.85. The van der Waals surface area contributed by atoms with Crippen LogP contribution in [0.1, 0.15) is 44.7 Å². The molecule has 0 amide bonds. The smallest absolute Gasteiger partial charge is 0.353 e. The van der Waals surface area contributed by atoms with Crippen LogP contribution in [0, 0.1) is 10.1 Å². The minimum absolute atomic E-state index is 0.0267. The van der Waals surface area contributed by atoms with E-state index in [1.807, 2.05) is 13.8 Å². The Kier molecular flexibility index (Phi) is 3.75. The summed E-state index contributed by atoms with van der Waals surface area (Å²) >= 11 is 0. The third-order valence-electron chi connectivity index (χ3n) is 3.49. The molecule has 2 atom stereocenters. The van der Waals surface area contributed by atoms with Gasteiger partial charge in [-0.15, -0.1) is 0 Å². The lowest BCUT2D eigenvalue weighted by Crippen LogP contribution is -2.34. The number of nitrogens with two attached hydrogens (primary N) is 1. The molecule has 0 spiro atoms. The van der Waals surface area contributed by atoms with E-state index in [9.17, 15) is 10.1 Å². The van der Waals surface area contributed by atoms with Gasteiger partial charge in [-0.3, -0.25) is 10.1 Å². The summed E-state index contributed by atoms with van der Waals surface area (Å²) in [4.78, 5) is 10.8. The van der Waals surface area contributed by atoms with Gasteiger partial charge >= 0.3 is 5.69 Å². The summed E-state index contributed by atoms with van der Waals surface area (Å²) in [7, 11) is 1.66. The second kappa shape index (κ2) is 5.16. The van der Waals surface area contributed by atoms with Crippen molar-refractivity contribution < 1.29 is 9.66 Å². The van der Waals surface area contributed by atoms with Gasteiger partial charge in [0.15, 0.2) is 0 Å². The number of ether oxygens (including phenoxy) is 1. The predicted octanol–water partition coefficient (Wildman–Crippen LogP) is 1.71. The molecule has 1 saturated carbocycles. The summed E-state index contributed by atoms with van der Waals surface area (Å²) in [6.45, 7) is 3.75. The summed E-state index contributed by atoms with van der Waals surface area (Å²) < 4.78 is 7.22. The predicted molar refractivity (Wildman–Crippen MR) is 70.2 cm³/mol. The molecule has 0 aliphatic heterocycles. The number of nitro groups is 1. The Morgan fingerprint density at radius 1 is 1.53 bits per heavy atom. The third-order valence-corrected chi connectivity index (χ3v) is 3.49. The first-order valence-electron chi connectivity index (χ1n) is 6.55. The molecule has 1 aliphatic carbocycles. The highest BCUT2D eigenvalue weighted by Crippen LogP contribution is 2.36.